The summed E-state index contributed by atoms with van der Waals surface area (Å²) in [5.74, 6) is 1.14. The molecule has 0 bridgehead atoms. The van der Waals surface area contributed by atoms with Crippen molar-refractivity contribution in [2.45, 2.75) is 6.92 Å². The number of benzene rings is 4. The molecule has 0 unspecified atom stereocenters. The molecular weight excluding hydrogens is 402 g/mol. The average Bonchev–Trinajstić information content (AvgIpc) is 2.85. The summed E-state index contributed by atoms with van der Waals surface area (Å²) in [5.41, 5.74) is 11.3. The van der Waals surface area contributed by atoms with Crippen LogP contribution in [0.3, 0.4) is 0 Å². The summed E-state index contributed by atoms with van der Waals surface area (Å²) in [6.07, 6.45) is 0.735. The lowest BCUT2D eigenvalue weighted by Gasteiger charge is -2.12. The zero-order valence-electron chi connectivity index (χ0n) is 17.7. The van der Waals surface area contributed by atoms with Crippen molar-refractivity contribution in [3.63, 3.8) is 0 Å². The molecule has 162 valence electrons. The van der Waals surface area contributed by atoms with Gasteiger partial charge in [0.1, 0.15) is 11.5 Å². The number of aldehydes is 1. The van der Waals surface area contributed by atoms with Crippen molar-refractivity contribution >= 4 is 17.7 Å². The van der Waals surface area contributed by atoms with E-state index in [2.05, 4.69) is 35.6 Å². The van der Waals surface area contributed by atoms with Crippen molar-refractivity contribution in [3.05, 3.63) is 120 Å². The van der Waals surface area contributed by atoms with Gasteiger partial charge in [-0.1, -0.05) is 77.9 Å². The minimum atomic E-state index is 0.411. The molecule has 0 fully saturated rings. The lowest BCUT2D eigenvalue weighted by atomic mass is 10.2. The van der Waals surface area contributed by atoms with Crippen LogP contribution in [-0.4, -0.2) is 6.29 Å². The van der Waals surface area contributed by atoms with E-state index in [0.717, 1.165) is 12.0 Å². The molecule has 0 heterocycles. The van der Waals surface area contributed by atoms with Crippen LogP contribution in [0.1, 0.15) is 15.9 Å². The fraction of sp³-hybridized carbons (Fsp3) is 0.0385. The lowest BCUT2D eigenvalue weighted by molar-refractivity contribution is 0.108. The molecule has 0 saturated carbocycles. The Kier molecular flexibility index (Phi) is 8.84. The molecule has 3 N–H and O–H groups in total. The zero-order valence-corrected chi connectivity index (χ0v) is 17.7. The molecule has 0 radical (unpaired) electrons. The SMILES string of the molecule is Cc1ccccc1.O=Cc1cc(NONNc2ccccc2)ccc1Oc1ccccc1. The van der Waals surface area contributed by atoms with E-state index in [4.69, 9.17) is 9.68 Å². The normalized spacial score (nSPS) is 9.78. The summed E-state index contributed by atoms with van der Waals surface area (Å²) < 4.78 is 5.71. The molecule has 0 aliphatic carbocycles. The van der Waals surface area contributed by atoms with Gasteiger partial charge in [0, 0.05) is 0 Å². The first-order valence-corrected chi connectivity index (χ1v) is 10.1. The van der Waals surface area contributed by atoms with E-state index in [1.807, 2.05) is 78.9 Å². The number of carbonyl (C=O) groups is 1. The number of aryl methyl sites for hydroxylation is 1. The first kappa shape index (κ1) is 22.6. The molecule has 32 heavy (non-hydrogen) atoms. The number of ether oxygens (including phenoxy) is 1. The van der Waals surface area contributed by atoms with Gasteiger partial charge in [0.25, 0.3) is 0 Å². The fourth-order valence-corrected chi connectivity index (χ4v) is 2.64. The zero-order chi connectivity index (χ0) is 22.4. The van der Waals surface area contributed by atoms with Crippen LogP contribution < -0.4 is 21.2 Å². The number of anilines is 2. The second-order valence-corrected chi connectivity index (χ2v) is 6.74. The van der Waals surface area contributed by atoms with Crippen molar-refractivity contribution in [1.82, 2.24) is 5.59 Å². The number of nitrogens with one attached hydrogen (secondary N) is 3. The van der Waals surface area contributed by atoms with E-state index in [0.29, 0.717) is 22.7 Å². The highest BCUT2D eigenvalue weighted by atomic mass is 16.8. The maximum absolute atomic E-state index is 11.3. The van der Waals surface area contributed by atoms with Crippen LogP contribution in [-0.2, 0) is 4.94 Å². The lowest BCUT2D eigenvalue weighted by Crippen LogP contribution is -2.25. The van der Waals surface area contributed by atoms with Gasteiger partial charge in [0.15, 0.2) is 6.29 Å². The molecule has 4 aromatic rings. The minimum absolute atomic E-state index is 0.411. The Hall–Kier alpha value is -4.13. The van der Waals surface area contributed by atoms with Crippen molar-refractivity contribution in [1.29, 1.82) is 0 Å². The molecule has 0 saturated heterocycles. The fourth-order valence-electron chi connectivity index (χ4n) is 2.64. The standard InChI is InChI=1S/C19H17N3O3.C7H8/c23-14-15-13-17(21-25-22-20-16-7-3-1-4-8-16)11-12-19(15)24-18-9-5-2-6-10-18;1-7-5-3-2-4-6-7/h1-14,20-22H;2-6H,1H3. The van der Waals surface area contributed by atoms with E-state index in [9.17, 15) is 4.79 Å². The Morgan fingerprint density at radius 2 is 1.34 bits per heavy atom. The molecule has 0 atom stereocenters. The highest BCUT2D eigenvalue weighted by Crippen LogP contribution is 2.26. The van der Waals surface area contributed by atoms with Gasteiger partial charge in [-0.05, 0) is 49.4 Å². The molecule has 0 amide bonds. The van der Waals surface area contributed by atoms with E-state index in [1.165, 1.54) is 5.56 Å². The second kappa shape index (κ2) is 12.5. The molecule has 6 heteroatoms. The number of rotatable bonds is 8. The van der Waals surface area contributed by atoms with Crippen molar-refractivity contribution in [3.8, 4) is 11.5 Å². The minimum Gasteiger partial charge on any atom is -0.457 e. The Balaban J connectivity index is 0.000000352. The topological polar surface area (TPSA) is 71.6 Å². The van der Waals surface area contributed by atoms with Gasteiger partial charge < -0.3 is 4.74 Å². The smallest absolute Gasteiger partial charge is 0.153 e. The second-order valence-electron chi connectivity index (χ2n) is 6.74. The number of para-hydroxylation sites is 2. The van der Waals surface area contributed by atoms with Crippen LogP contribution in [0.15, 0.2) is 109 Å². The first-order chi connectivity index (χ1) is 15.7. The van der Waals surface area contributed by atoms with Gasteiger partial charge in [-0.25, -0.2) is 5.48 Å². The third-order valence-corrected chi connectivity index (χ3v) is 4.24. The van der Waals surface area contributed by atoms with Gasteiger partial charge in [-0.2, -0.15) is 4.94 Å². The van der Waals surface area contributed by atoms with Crippen molar-refractivity contribution < 1.29 is 14.5 Å². The van der Waals surface area contributed by atoms with Crippen LogP contribution in [0.4, 0.5) is 11.4 Å². The van der Waals surface area contributed by atoms with Gasteiger partial charge in [0.2, 0.25) is 0 Å². The molecule has 4 aromatic carbocycles. The number of hydrogen-bond donors (Lipinski definition) is 3. The predicted octanol–water partition coefficient (Wildman–Crippen LogP) is 6.16. The summed E-state index contributed by atoms with van der Waals surface area (Å²) in [4.78, 5) is 16.4. The van der Waals surface area contributed by atoms with Gasteiger partial charge >= 0.3 is 0 Å². The maximum atomic E-state index is 11.3. The highest BCUT2D eigenvalue weighted by molar-refractivity contribution is 5.81. The third kappa shape index (κ3) is 7.60. The quantitative estimate of drug-likeness (QED) is 0.178. The van der Waals surface area contributed by atoms with E-state index in [1.54, 1.807) is 18.2 Å². The number of carbonyl (C=O) groups excluding carboxylic acids is 1. The van der Waals surface area contributed by atoms with Crippen molar-refractivity contribution in [2.24, 2.45) is 0 Å². The Labute approximate surface area is 187 Å². The van der Waals surface area contributed by atoms with Gasteiger partial charge in [-0.15, -0.1) is 0 Å². The molecule has 0 aromatic heterocycles. The van der Waals surface area contributed by atoms with Gasteiger partial charge in [-0.3, -0.25) is 10.2 Å². The van der Waals surface area contributed by atoms with Crippen molar-refractivity contribution in [2.75, 3.05) is 10.9 Å². The van der Waals surface area contributed by atoms with Crippen LogP contribution in [0.25, 0.3) is 0 Å². The predicted molar refractivity (Wildman–Crippen MR) is 127 cm³/mol. The van der Waals surface area contributed by atoms with Gasteiger partial charge in [0.05, 0.1) is 16.9 Å². The summed E-state index contributed by atoms with van der Waals surface area (Å²) in [6.45, 7) is 2.08. The van der Waals surface area contributed by atoms with E-state index >= 15 is 0 Å². The molecule has 0 aliphatic rings. The Morgan fingerprint density at radius 3 is 1.94 bits per heavy atom. The monoisotopic (exact) mass is 427 g/mol. The number of hydrogen-bond acceptors (Lipinski definition) is 6. The molecule has 0 spiro atoms. The van der Waals surface area contributed by atoms with Crippen LogP contribution >= 0.6 is 0 Å². The third-order valence-electron chi connectivity index (χ3n) is 4.24. The summed E-state index contributed by atoms with van der Waals surface area (Å²) >= 11 is 0. The molecule has 6 nitrogen and oxygen atoms in total. The highest BCUT2D eigenvalue weighted by Gasteiger charge is 2.06. The van der Waals surface area contributed by atoms with E-state index in [-0.39, 0.29) is 0 Å². The maximum Gasteiger partial charge on any atom is 0.153 e. The van der Waals surface area contributed by atoms with E-state index < -0.39 is 0 Å². The van der Waals surface area contributed by atoms with Crippen LogP contribution in [0.5, 0.6) is 11.5 Å². The number of hydrazine groups is 1. The van der Waals surface area contributed by atoms with Crippen LogP contribution in [0, 0.1) is 6.92 Å². The molecule has 4 rings (SSSR count). The van der Waals surface area contributed by atoms with Crippen LogP contribution in [0.2, 0.25) is 0 Å². The Morgan fingerprint density at radius 1 is 0.719 bits per heavy atom. The summed E-state index contributed by atoms with van der Waals surface area (Å²) in [5, 5.41) is 0. The first-order valence-electron chi connectivity index (χ1n) is 10.1. The largest absolute Gasteiger partial charge is 0.457 e. The average molecular weight is 428 g/mol. The molecular formula is C26H25N3O3. The summed E-state index contributed by atoms with van der Waals surface area (Å²) in [7, 11) is 0. The summed E-state index contributed by atoms with van der Waals surface area (Å²) in [6, 6.07) is 34.1. The molecule has 0 aliphatic heterocycles. The Bertz CT molecular complexity index is 1080.